The standard InChI is InChI=1S/C35H30N4O4/c1-41-34-17-26(12-15-33(34)43-22-25-7-3-2-4-8-25)23-42-30-11-5-10-29(19-30)39-24-38-31-18-28(13-14-32(31)39)35(40)37-21-27-9-6-16-36-20-27/h2-20,24H,21-23H2,1H3,(H,37,40). The third kappa shape index (κ3) is 6.65. The second kappa shape index (κ2) is 12.9. The number of amides is 1. The van der Waals surface area contributed by atoms with E-state index in [1.54, 1.807) is 38.0 Å². The van der Waals surface area contributed by atoms with E-state index in [2.05, 4.69) is 15.3 Å². The van der Waals surface area contributed by atoms with Gasteiger partial charge >= 0.3 is 0 Å². The Morgan fingerprint density at radius 1 is 0.791 bits per heavy atom. The van der Waals surface area contributed by atoms with E-state index in [1.165, 1.54) is 0 Å². The average Bonchev–Trinajstić information content (AvgIpc) is 3.50. The lowest BCUT2D eigenvalue weighted by Gasteiger charge is -2.13. The van der Waals surface area contributed by atoms with Crippen molar-refractivity contribution < 1.29 is 19.0 Å². The van der Waals surface area contributed by atoms with Gasteiger partial charge in [0, 0.05) is 30.6 Å². The van der Waals surface area contributed by atoms with Crippen molar-refractivity contribution in [2.45, 2.75) is 19.8 Å². The molecule has 0 bridgehead atoms. The Labute approximate surface area is 249 Å². The monoisotopic (exact) mass is 570 g/mol. The number of nitrogens with one attached hydrogen (secondary N) is 1. The number of fused-ring (bicyclic) bond motifs is 1. The van der Waals surface area contributed by atoms with E-state index in [0.29, 0.717) is 42.6 Å². The molecule has 2 heterocycles. The van der Waals surface area contributed by atoms with E-state index >= 15 is 0 Å². The highest BCUT2D eigenvalue weighted by atomic mass is 16.5. The topological polar surface area (TPSA) is 87.5 Å². The zero-order valence-corrected chi connectivity index (χ0v) is 23.6. The number of imidazole rings is 1. The number of carbonyl (C=O) groups excluding carboxylic acids is 1. The van der Waals surface area contributed by atoms with Gasteiger partial charge in [-0.05, 0) is 65.2 Å². The molecule has 0 aliphatic rings. The van der Waals surface area contributed by atoms with Crippen molar-refractivity contribution in [3.8, 4) is 22.9 Å². The van der Waals surface area contributed by atoms with Gasteiger partial charge in [-0.3, -0.25) is 14.3 Å². The van der Waals surface area contributed by atoms with E-state index in [1.807, 2.05) is 95.6 Å². The van der Waals surface area contributed by atoms with Crippen LogP contribution in [0.25, 0.3) is 16.7 Å². The Balaban J connectivity index is 1.11. The molecule has 0 unspecified atom stereocenters. The van der Waals surface area contributed by atoms with Gasteiger partial charge in [-0.2, -0.15) is 0 Å². The molecule has 0 saturated heterocycles. The maximum absolute atomic E-state index is 12.7. The number of hydrogen-bond acceptors (Lipinski definition) is 6. The highest BCUT2D eigenvalue weighted by Crippen LogP contribution is 2.30. The van der Waals surface area contributed by atoms with Gasteiger partial charge in [0.15, 0.2) is 11.5 Å². The molecule has 0 saturated carbocycles. The Kier molecular flexibility index (Phi) is 8.27. The van der Waals surface area contributed by atoms with Crippen LogP contribution >= 0.6 is 0 Å². The molecule has 6 aromatic rings. The van der Waals surface area contributed by atoms with Crippen LogP contribution in [0.2, 0.25) is 0 Å². The lowest BCUT2D eigenvalue weighted by atomic mass is 10.1. The van der Waals surface area contributed by atoms with E-state index in [0.717, 1.165) is 33.4 Å². The number of ether oxygens (including phenoxy) is 3. The number of rotatable bonds is 11. The first-order valence-corrected chi connectivity index (χ1v) is 13.9. The minimum atomic E-state index is -0.164. The number of nitrogens with zero attached hydrogens (tertiary/aromatic N) is 3. The third-order valence-corrected chi connectivity index (χ3v) is 6.95. The summed E-state index contributed by atoms with van der Waals surface area (Å²) in [6.45, 7) is 1.23. The largest absolute Gasteiger partial charge is 0.493 e. The first kappa shape index (κ1) is 27.5. The van der Waals surface area contributed by atoms with E-state index in [9.17, 15) is 4.79 Å². The molecule has 214 valence electrons. The van der Waals surface area contributed by atoms with Crippen LogP contribution in [0.4, 0.5) is 0 Å². The van der Waals surface area contributed by atoms with E-state index in [-0.39, 0.29) is 5.91 Å². The second-order valence-electron chi connectivity index (χ2n) is 9.91. The summed E-state index contributed by atoms with van der Waals surface area (Å²) in [6.07, 6.45) is 5.19. The van der Waals surface area contributed by atoms with Crippen molar-refractivity contribution in [2.24, 2.45) is 0 Å². The van der Waals surface area contributed by atoms with Crippen molar-refractivity contribution in [2.75, 3.05) is 7.11 Å². The minimum absolute atomic E-state index is 0.164. The van der Waals surface area contributed by atoms with Crippen LogP contribution in [0.5, 0.6) is 17.2 Å². The Bertz CT molecular complexity index is 1840. The van der Waals surface area contributed by atoms with Gasteiger partial charge in [-0.15, -0.1) is 0 Å². The van der Waals surface area contributed by atoms with Gasteiger partial charge < -0.3 is 19.5 Å². The number of aromatic nitrogens is 3. The molecule has 2 aromatic heterocycles. The maximum Gasteiger partial charge on any atom is 0.251 e. The number of carbonyl (C=O) groups is 1. The fraction of sp³-hybridized carbons (Fsp3) is 0.114. The molecule has 8 heteroatoms. The fourth-order valence-corrected chi connectivity index (χ4v) is 4.69. The second-order valence-corrected chi connectivity index (χ2v) is 9.91. The number of methoxy groups -OCH3 is 1. The molecule has 0 aliphatic heterocycles. The van der Waals surface area contributed by atoms with Crippen molar-refractivity contribution in [1.29, 1.82) is 0 Å². The van der Waals surface area contributed by atoms with Crippen LogP contribution in [0.3, 0.4) is 0 Å². The normalized spacial score (nSPS) is 10.8. The molecular weight excluding hydrogens is 540 g/mol. The van der Waals surface area contributed by atoms with E-state index in [4.69, 9.17) is 14.2 Å². The molecular formula is C35H30N4O4. The highest BCUT2D eigenvalue weighted by molar-refractivity contribution is 5.97. The Morgan fingerprint density at radius 2 is 1.65 bits per heavy atom. The molecule has 8 nitrogen and oxygen atoms in total. The van der Waals surface area contributed by atoms with Crippen LogP contribution in [0.15, 0.2) is 122 Å². The smallest absolute Gasteiger partial charge is 0.251 e. The summed E-state index contributed by atoms with van der Waals surface area (Å²) in [4.78, 5) is 21.4. The molecule has 0 fully saturated rings. The minimum Gasteiger partial charge on any atom is -0.493 e. The molecule has 4 aromatic carbocycles. The van der Waals surface area contributed by atoms with Crippen molar-refractivity contribution in [3.63, 3.8) is 0 Å². The molecule has 0 spiro atoms. The van der Waals surface area contributed by atoms with Gasteiger partial charge in [0.1, 0.15) is 25.3 Å². The summed E-state index contributed by atoms with van der Waals surface area (Å²) >= 11 is 0. The van der Waals surface area contributed by atoms with Crippen LogP contribution in [-0.4, -0.2) is 27.6 Å². The first-order chi connectivity index (χ1) is 21.2. The average molecular weight is 571 g/mol. The summed E-state index contributed by atoms with van der Waals surface area (Å²) in [5.41, 5.74) is 6.04. The maximum atomic E-state index is 12.7. The number of benzene rings is 4. The Morgan fingerprint density at radius 3 is 2.49 bits per heavy atom. The molecule has 43 heavy (non-hydrogen) atoms. The summed E-state index contributed by atoms with van der Waals surface area (Å²) < 4.78 is 19.7. The predicted molar refractivity (Wildman–Crippen MR) is 165 cm³/mol. The van der Waals surface area contributed by atoms with Gasteiger partial charge in [0.2, 0.25) is 0 Å². The highest BCUT2D eigenvalue weighted by Gasteiger charge is 2.12. The van der Waals surface area contributed by atoms with Crippen LogP contribution < -0.4 is 19.5 Å². The zero-order chi connectivity index (χ0) is 29.4. The third-order valence-electron chi connectivity index (χ3n) is 6.95. The predicted octanol–water partition coefficient (Wildman–Crippen LogP) is 6.52. The first-order valence-electron chi connectivity index (χ1n) is 13.9. The Hall–Kier alpha value is -5.63. The molecule has 1 N–H and O–H groups in total. The molecule has 0 aliphatic carbocycles. The molecule has 6 rings (SSSR count). The van der Waals surface area contributed by atoms with E-state index < -0.39 is 0 Å². The summed E-state index contributed by atoms with van der Waals surface area (Å²) in [5.74, 6) is 1.89. The lowest BCUT2D eigenvalue weighted by Crippen LogP contribution is -2.22. The van der Waals surface area contributed by atoms with Crippen LogP contribution in [0.1, 0.15) is 27.0 Å². The fourth-order valence-electron chi connectivity index (χ4n) is 4.69. The van der Waals surface area contributed by atoms with Crippen molar-refractivity contribution in [3.05, 3.63) is 144 Å². The van der Waals surface area contributed by atoms with Gasteiger partial charge in [0.05, 0.1) is 23.8 Å². The van der Waals surface area contributed by atoms with Gasteiger partial charge in [0.25, 0.3) is 5.91 Å². The molecule has 0 radical (unpaired) electrons. The summed E-state index contributed by atoms with van der Waals surface area (Å²) in [7, 11) is 1.63. The SMILES string of the molecule is COc1cc(COc2cccc(-n3cnc4cc(C(=O)NCc5cccnc5)ccc43)c2)ccc1OCc1ccccc1. The summed E-state index contributed by atoms with van der Waals surface area (Å²) in [6, 6.07) is 32.9. The lowest BCUT2D eigenvalue weighted by molar-refractivity contribution is 0.0951. The summed E-state index contributed by atoms with van der Waals surface area (Å²) in [5, 5.41) is 2.93. The molecule has 0 atom stereocenters. The van der Waals surface area contributed by atoms with Gasteiger partial charge in [-0.1, -0.05) is 48.5 Å². The number of hydrogen-bond donors (Lipinski definition) is 1. The van der Waals surface area contributed by atoms with Gasteiger partial charge in [-0.25, -0.2) is 4.98 Å². The quantitative estimate of drug-likeness (QED) is 0.191. The van der Waals surface area contributed by atoms with Crippen LogP contribution in [-0.2, 0) is 19.8 Å². The number of pyridine rings is 1. The van der Waals surface area contributed by atoms with Crippen molar-refractivity contribution >= 4 is 16.9 Å². The molecule has 1 amide bonds. The van der Waals surface area contributed by atoms with Crippen LogP contribution in [0, 0.1) is 0 Å². The van der Waals surface area contributed by atoms with Crippen molar-refractivity contribution in [1.82, 2.24) is 19.9 Å². The zero-order valence-electron chi connectivity index (χ0n) is 23.6.